The Hall–Kier alpha value is -3.40. The number of carbonyl (C=O) groups excluding carboxylic acids is 3. The van der Waals surface area contributed by atoms with Crippen molar-refractivity contribution >= 4 is 29.1 Å². The molecule has 0 unspecified atom stereocenters. The van der Waals surface area contributed by atoms with Gasteiger partial charge in [0.25, 0.3) is 5.91 Å². The predicted octanol–water partition coefficient (Wildman–Crippen LogP) is 4.09. The van der Waals surface area contributed by atoms with Crippen LogP contribution in [0.1, 0.15) is 36.7 Å². The summed E-state index contributed by atoms with van der Waals surface area (Å²) in [6.45, 7) is 6.51. The summed E-state index contributed by atoms with van der Waals surface area (Å²) in [4.78, 5) is 40.5. The van der Waals surface area contributed by atoms with Crippen LogP contribution >= 0.6 is 0 Å². The van der Waals surface area contributed by atoms with Gasteiger partial charge in [-0.05, 0) is 50.7 Å². The molecule has 0 spiro atoms. The molecule has 0 bridgehead atoms. The SMILES string of the molecule is CCN(CC(=O)Nc1cccc(C(=O)N(CC)CC)c1)CC(=O)Nc1ccccc1C(F)(F)F. The van der Waals surface area contributed by atoms with Gasteiger partial charge in [-0.25, -0.2) is 0 Å². The van der Waals surface area contributed by atoms with Crippen LogP contribution in [-0.2, 0) is 15.8 Å². The Morgan fingerprint density at radius 1 is 0.824 bits per heavy atom. The average molecular weight is 479 g/mol. The third-order valence-electron chi connectivity index (χ3n) is 5.13. The first kappa shape index (κ1) is 26.8. The second-order valence-electron chi connectivity index (χ2n) is 7.50. The van der Waals surface area contributed by atoms with Crippen LogP contribution in [0, 0.1) is 0 Å². The topological polar surface area (TPSA) is 81.8 Å². The fraction of sp³-hybridized carbons (Fsp3) is 0.375. The highest BCUT2D eigenvalue weighted by molar-refractivity contribution is 5.98. The van der Waals surface area contributed by atoms with E-state index in [2.05, 4.69) is 10.6 Å². The zero-order chi connectivity index (χ0) is 25.3. The Labute approximate surface area is 196 Å². The number of carbonyl (C=O) groups is 3. The van der Waals surface area contributed by atoms with E-state index < -0.39 is 23.6 Å². The maximum absolute atomic E-state index is 13.1. The summed E-state index contributed by atoms with van der Waals surface area (Å²) in [5.41, 5.74) is -0.405. The number of nitrogens with zero attached hydrogens (tertiary/aromatic N) is 2. The van der Waals surface area contributed by atoms with Gasteiger partial charge in [-0.1, -0.05) is 25.1 Å². The van der Waals surface area contributed by atoms with Crippen LogP contribution in [-0.4, -0.2) is 60.2 Å². The number of halogens is 3. The largest absolute Gasteiger partial charge is 0.418 e. The second kappa shape index (κ2) is 12.2. The molecule has 2 aromatic rings. The molecule has 0 saturated heterocycles. The molecule has 0 atom stereocenters. The van der Waals surface area contributed by atoms with Crippen molar-refractivity contribution < 1.29 is 27.6 Å². The number of hydrogen-bond acceptors (Lipinski definition) is 4. The Bertz CT molecular complexity index is 1010. The lowest BCUT2D eigenvalue weighted by molar-refractivity contribution is -0.137. The molecule has 2 rings (SSSR count). The molecule has 0 heterocycles. The monoisotopic (exact) mass is 478 g/mol. The standard InChI is InChI=1S/C24H29F3N4O3/c1-4-30(16-22(33)29-20-13-8-7-12-19(20)24(25,26)27)15-21(32)28-18-11-9-10-17(14-18)23(34)31(5-2)6-3/h7-14H,4-6,15-16H2,1-3H3,(H,28,32)(H,29,33). The van der Waals surface area contributed by atoms with E-state index >= 15 is 0 Å². The summed E-state index contributed by atoms with van der Waals surface area (Å²) in [6.07, 6.45) is -4.60. The minimum atomic E-state index is -4.60. The highest BCUT2D eigenvalue weighted by atomic mass is 19.4. The number of benzene rings is 2. The number of likely N-dealkylation sites (N-methyl/N-ethyl adjacent to an activating group) is 1. The first-order valence-electron chi connectivity index (χ1n) is 11.0. The minimum Gasteiger partial charge on any atom is -0.339 e. The van der Waals surface area contributed by atoms with Gasteiger partial charge in [0, 0.05) is 24.3 Å². The van der Waals surface area contributed by atoms with Gasteiger partial charge in [-0.15, -0.1) is 0 Å². The van der Waals surface area contributed by atoms with Crippen LogP contribution in [0.25, 0.3) is 0 Å². The lowest BCUT2D eigenvalue weighted by Crippen LogP contribution is -2.38. The fourth-order valence-electron chi connectivity index (χ4n) is 3.34. The van der Waals surface area contributed by atoms with E-state index in [9.17, 15) is 27.6 Å². The van der Waals surface area contributed by atoms with Gasteiger partial charge < -0.3 is 15.5 Å². The lowest BCUT2D eigenvalue weighted by Gasteiger charge is -2.21. The lowest BCUT2D eigenvalue weighted by atomic mass is 10.1. The average Bonchev–Trinajstić information content (AvgIpc) is 2.79. The van der Waals surface area contributed by atoms with Crippen LogP contribution in [0.5, 0.6) is 0 Å². The van der Waals surface area contributed by atoms with E-state index in [1.807, 2.05) is 13.8 Å². The van der Waals surface area contributed by atoms with Gasteiger partial charge >= 0.3 is 6.18 Å². The zero-order valence-electron chi connectivity index (χ0n) is 19.4. The van der Waals surface area contributed by atoms with Crippen molar-refractivity contribution in [2.45, 2.75) is 26.9 Å². The van der Waals surface area contributed by atoms with Crippen molar-refractivity contribution in [3.8, 4) is 0 Å². The molecule has 0 radical (unpaired) electrons. The highest BCUT2D eigenvalue weighted by Gasteiger charge is 2.33. The van der Waals surface area contributed by atoms with E-state index in [0.29, 0.717) is 30.9 Å². The van der Waals surface area contributed by atoms with Gasteiger partial charge in [0.15, 0.2) is 0 Å². The number of amides is 3. The predicted molar refractivity (Wildman–Crippen MR) is 125 cm³/mol. The molecule has 0 fully saturated rings. The summed E-state index contributed by atoms with van der Waals surface area (Å²) < 4.78 is 39.4. The Balaban J connectivity index is 1.99. The summed E-state index contributed by atoms with van der Waals surface area (Å²) in [7, 11) is 0. The summed E-state index contributed by atoms with van der Waals surface area (Å²) in [5.74, 6) is -1.23. The Morgan fingerprint density at radius 3 is 2.03 bits per heavy atom. The quantitative estimate of drug-likeness (QED) is 0.539. The van der Waals surface area contributed by atoms with E-state index in [4.69, 9.17) is 0 Å². The first-order chi connectivity index (χ1) is 16.1. The number of alkyl halides is 3. The van der Waals surface area contributed by atoms with Crippen LogP contribution < -0.4 is 10.6 Å². The molecule has 3 amide bonds. The first-order valence-corrected chi connectivity index (χ1v) is 11.0. The zero-order valence-corrected chi connectivity index (χ0v) is 19.4. The molecule has 0 aliphatic heterocycles. The molecular weight excluding hydrogens is 449 g/mol. The normalized spacial score (nSPS) is 11.3. The molecule has 7 nitrogen and oxygen atoms in total. The van der Waals surface area contributed by atoms with Crippen LogP contribution in [0.3, 0.4) is 0 Å². The Kier molecular flexibility index (Phi) is 9.61. The molecule has 0 aliphatic rings. The maximum Gasteiger partial charge on any atom is 0.418 e. The van der Waals surface area contributed by atoms with Crippen molar-refractivity contribution in [3.05, 3.63) is 59.7 Å². The van der Waals surface area contributed by atoms with Crippen molar-refractivity contribution in [2.24, 2.45) is 0 Å². The highest BCUT2D eigenvalue weighted by Crippen LogP contribution is 2.34. The van der Waals surface area contributed by atoms with Crippen LogP contribution in [0.15, 0.2) is 48.5 Å². The molecule has 0 aromatic heterocycles. The molecular formula is C24H29F3N4O3. The van der Waals surface area contributed by atoms with Crippen molar-refractivity contribution in [1.29, 1.82) is 0 Å². The molecule has 2 aromatic carbocycles. The van der Waals surface area contributed by atoms with E-state index in [0.717, 1.165) is 6.07 Å². The molecule has 2 N–H and O–H groups in total. The molecule has 0 aliphatic carbocycles. The number of rotatable bonds is 10. The Morgan fingerprint density at radius 2 is 1.44 bits per heavy atom. The van der Waals surface area contributed by atoms with Crippen molar-refractivity contribution in [2.75, 3.05) is 43.4 Å². The smallest absolute Gasteiger partial charge is 0.339 e. The van der Waals surface area contributed by atoms with E-state index in [1.165, 1.54) is 23.1 Å². The molecule has 10 heteroatoms. The van der Waals surface area contributed by atoms with Crippen molar-refractivity contribution in [1.82, 2.24) is 9.80 Å². The number of hydrogen-bond donors (Lipinski definition) is 2. The number of anilines is 2. The van der Waals surface area contributed by atoms with Gasteiger partial charge in [-0.2, -0.15) is 13.2 Å². The van der Waals surface area contributed by atoms with E-state index in [-0.39, 0.29) is 24.7 Å². The fourth-order valence-corrected chi connectivity index (χ4v) is 3.34. The van der Waals surface area contributed by atoms with Crippen molar-refractivity contribution in [3.63, 3.8) is 0 Å². The minimum absolute atomic E-state index is 0.146. The third kappa shape index (κ3) is 7.58. The third-order valence-corrected chi connectivity index (χ3v) is 5.13. The number of para-hydroxylation sites is 1. The van der Waals surface area contributed by atoms with E-state index in [1.54, 1.807) is 36.1 Å². The van der Waals surface area contributed by atoms with Crippen LogP contribution in [0.2, 0.25) is 0 Å². The maximum atomic E-state index is 13.1. The van der Waals surface area contributed by atoms with Gasteiger partial charge in [0.05, 0.1) is 24.3 Å². The molecule has 184 valence electrons. The summed E-state index contributed by atoms with van der Waals surface area (Å²) in [6, 6.07) is 11.3. The summed E-state index contributed by atoms with van der Waals surface area (Å²) in [5, 5.41) is 4.97. The number of nitrogens with one attached hydrogen (secondary N) is 2. The van der Waals surface area contributed by atoms with Gasteiger partial charge in [-0.3, -0.25) is 19.3 Å². The molecule has 0 saturated carbocycles. The summed E-state index contributed by atoms with van der Waals surface area (Å²) >= 11 is 0. The van der Waals surface area contributed by atoms with Gasteiger partial charge in [0.2, 0.25) is 11.8 Å². The van der Waals surface area contributed by atoms with Crippen LogP contribution in [0.4, 0.5) is 24.5 Å². The second-order valence-corrected chi connectivity index (χ2v) is 7.50. The molecule has 34 heavy (non-hydrogen) atoms. The van der Waals surface area contributed by atoms with Gasteiger partial charge in [0.1, 0.15) is 0 Å².